The van der Waals surface area contributed by atoms with Crippen LogP contribution in [-0.4, -0.2) is 23.9 Å². The molecule has 0 saturated carbocycles. The van der Waals surface area contributed by atoms with Gasteiger partial charge in [-0.1, -0.05) is 62.1 Å². The lowest BCUT2D eigenvalue weighted by Crippen LogP contribution is -2.10. The predicted molar refractivity (Wildman–Crippen MR) is 211 cm³/mol. The molecule has 0 aliphatic carbocycles. The van der Waals surface area contributed by atoms with Crippen LogP contribution in [0.15, 0.2) is 140 Å². The normalized spacial score (nSPS) is 9.80. The molecule has 0 aliphatic heterocycles. The maximum absolute atomic E-state index is 12.8. The maximum atomic E-state index is 12.8. The Bertz CT molecular complexity index is 2430. The first-order valence-corrected chi connectivity index (χ1v) is 16.5. The molecule has 0 saturated heterocycles. The van der Waals surface area contributed by atoms with Crippen molar-refractivity contribution in [2.45, 2.75) is 20.8 Å². The van der Waals surface area contributed by atoms with Gasteiger partial charge in [0.1, 0.15) is 17.6 Å². The third-order valence-corrected chi connectivity index (χ3v) is 7.17. The molecule has 0 aliphatic rings. The number of rotatable bonds is 9. The number of ether oxygens (including phenoxy) is 4. The highest BCUT2D eigenvalue weighted by Crippen LogP contribution is 2.32. The number of hydrogen-bond donors (Lipinski definition) is 0. The lowest BCUT2D eigenvalue weighted by molar-refractivity contribution is -0.134. The second-order valence-electron chi connectivity index (χ2n) is 11.8. The molecule has 270 valence electrons. The molecule has 55 heavy (non-hydrogen) atoms. The molecule has 4 aromatic rings. The molecule has 0 heterocycles. The molecule has 8 nitrogen and oxygen atoms in total. The molecule has 0 spiro atoms. The fraction of sp³-hybridized carbons (Fsp3) is 0.0638. The van der Waals surface area contributed by atoms with Crippen LogP contribution in [0.5, 0.6) is 11.5 Å². The van der Waals surface area contributed by atoms with E-state index in [0.29, 0.717) is 33.6 Å². The number of carbonyl (C=O) groups excluding carboxylic acids is 4. The molecule has 0 aromatic heterocycles. The first kappa shape index (κ1) is 39.9. The van der Waals surface area contributed by atoms with E-state index < -0.39 is 23.9 Å². The van der Waals surface area contributed by atoms with Gasteiger partial charge >= 0.3 is 23.9 Å². The largest absolute Gasteiger partial charge is 0.431 e. The van der Waals surface area contributed by atoms with Crippen LogP contribution < -0.4 is 9.47 Å². The maximum Gasteiger partial charge on any atom is 0.347 e. The Morgan fingerprint density at radius 1 is 0.582 bits per heavy atom. The number of hydrogen-bond acceptors (Lipinski definition) is 8. The zero-order chi connectivity index (χ0) is 39.9. The Kier molecular flexibility index (Phi) is 13.9. The van der Waals surface area contributed by atoms with Crippen LogP contribution in [0.25, 0.3) is 17.2 Å². The van der Waals surface area contributed by atoms with E-state index in [4.69, 9.17) is 18.9 Å². The van der Waals surface area contributed by atoms with Crippen molar-refractivity contribution in [3.8, 4) is 58.3 Å². The summed E-state index contributed by atoms with van der Waals surface area (Å²) in [5, 5.41) is 0. The average Bonchev–Trinajstić information content (AvgIpc) is 3.17. The van der Waals surface area contributed by atoms with E-state index >= 15 is 0 Å². The van der Waals surface area contributed by atoms with Crippen LogP contribution >= 0.6 is 0 Å². The Hall–Kier alpha value is -7.86. The summed E-state index contributed by atoms with van der Waals surface area (Å²) < 4.78 is 20.9. The minimum absolute atomic E-state index is 0.145. The third kappa shape index (κ3) is 12.1. The summed E-state index contributed by atoms with van der Waals surface area (Å²) >= 11 is 0. The van der Waals surface area contributed by atoms with Crippen molar-refractivity contribution in [1.82, 2.24) is 0 Å². The van der Waals surface area contributed by atoms with Gasteiger partial charge < -0.3 is 18.9 Å². The predicted octanol–water partition coefficient (Wildman–Crippen LogP) is 8.24. The molecular weight excluding hydrogens is 693 g/mol. The fourth-order valence-electron chi connectivity index (χ4n) is 4.25. The van der Waals surface area contributed by atoms with Gasteiger partial charge in [-0.25, -0.2) is 19.2 Å². The third-order valence-electron chi connectivity index (χ3n) is 7.17. The van der Waals surface area contributed by atoms with Crippen molar-refractivity contribution in [2.75, 3.05) is 0 Å². The van der Waals surface area contributed by atoms with E-state index in [1.54, 1.807) is 49.4 Å². The van der Waals surface area contributed by atoms with Gasteiger partial charge in [0.25, 0.3) is 0 Å². The molecular formula is C47H34O8. The second-order valence-corrected chi connectivity index (χ2v) is 11.8. The summed E-state index contributed by atoms with van der Waals surface area (Å²) in [5.41, 5.74) is 5.62. The summed E-state index contributed by atoms with van der Waals surface area (Å²) in [5.74, 6) is 13.2. The van der Waals surface area contributed by atoms with E-state index in [0.717, 1.165) is 22.8 Å². The zero-order valence-corrected chi connectivity index (χ0v) is 30.4. The van der Waals surface area contributed by atoms with E-state index in [2.05, 4.69) is 62.0 Å². The minimum atomic E-state index is -0.658. The van der Waals surface area contributed by atoms with Crippen molar-refractivity contribution in [1.29, 1.82) is 0 Å². The first-order valence-electron chi connectivity index (χ1n) is 16.5. The van der Waals surface area contributed by atoms with E-state index in [9.17, 15) is 19.2 Å². The Balaban J connectivity index is 1.69. The van der Waals surface area contributed by atoms with Crippen LogP contribution in [0.2, 0.25) is 0 Å². The van der Waals surface area contributed by atoms with Crippen molar-refractivity contribution in [2.24, 2.45) is 0 Å². The Labute approximate surface area is 320 Å². The van der Waals surface area contributed by atoms with Crippen LogP contribution in [0.4, 0.5) is 0 Å². The van der Waals surface area contributed by atoms with Crippen LogP contribution in [-0.2, 0) is 28.7 Å². The van der Waals surface area contributed by atoms with Gasteiger partial charge in [0.2, 0.25) is 0 Å². The van der Waals surface area contributed by atoms with Gasteiger partial charge in [-0.3, -0.25) is 0 Å². The molecule has 8 heteroatoms. The molecule has 0 atom stereocenters. The summed E-state index contributed by atoms with van der Waals surface area (Å²) in [6, 6.07) is 24.6. The lowest BCUT2D eigenvalue weighted by atomic mass is 9.97. The molecule has 4 rings (SSSR count). The lowest BCUT2D eigenvalue weighted by Gasteiger charge is -2.13. The highest BCUT2D eigenvalue weighted by molar-refractivity contribution is 5.90. The van der Waals surface area contributed by atoms with Crippen LogP contribution in [0.3, 0.4) is 0 Å². The Morgan fingerprint density at radius 3 is 1.64 bits per heavy atom. The standard InChI is InChI=1S/C47H34O8/c1-8-44(48)54-41-22-17-36(18-23-41)19-24-42-39(26-28-53-46(50)32(4)5)29-40(30-43(42)55-47(51)33(6)7)38-20-15-35(16-21-38)10-9-34-11-13-37(14-12-34)25-27-52-45(49)31(2)3/h8,11-18,20-23,26,28-30H,1-2,4,6H2,3,5,7H3. The quantitative estimate of drug-likeness (QED) is 0.0559. The van der Waals surface area contributed by atoms with Gasteiger partial charge in [0.15, 0.2) is 0 Å². The van der Waals surface area contributed by atoms with Crippen molar-refractivity contribution in [3.63, 3.8) is 0 Å². The molecule has 0 N–H and O–H groups in total. The van der Waals surface area contributed by atoms with E-state index in [-0.39, 0.29) is 22.5 Å². The zero-order valence-electron chi connectivity index (χ0n) is 30.4. The van der Waals surface area contributed by atoms with Gasteiger partial charge in [-0.05, 0) is 122 Å². The summed E-state index contributed by atoms with van der Waals surface area (Å²) in [6.07, 6.45) is 6.18. The molecule has 0 unspecified atom stereocenters. The molecule has 0 fully saturated rings. The fourth-order valence-corrected chi connectivity index (χ4v) is 4.25. The average molecular weight is 727 g/mol. The Morgan fingerprint density at radius 2 is 1.09 bits per heavy atom. The van der Waals surface area contributed by atoms with E-state index in [1.165, 1.54) is 26.2 Å². The summed E-state index contributed by atoms with van der Waals surface area (Å²) in [6.45, 7) is 18.8. The van der Waals surface area contributed by atoms with Crippen molar-refractivity contribution >= 4 is 30.0 Å². The molecule has 0 radical (unpaired) electrons. The molecule has 0 bridgehead atoms. The number of carbonyl (C=O) groups is 4. The summed E-state index contributed by atoms with van der Waals surface area (Å²) in [4.78, 5) is 48.0. The monoisotopic (exact) mass is 726 g/mol. The van der Waals surface area contributed by atoms with Gasteiger partial charge in [0.05, 0.1) is 11.8 Å². The smallest absolute Gasteiger partial charge is 0.347 e. The second kappa shape index (κ2) is 19.1. The first-order chi connectivity index (χ1) is 26.3. The van der Waals surface area contributed by atoms with Crippen LogP contribution in [0, 0.1) is 35.7 Å². The van der Waals surface area contributed by atoms with Gasteiger partial charge in [-0.15, -0.1) is 0 Å². The topological polar surface area (TPSA) is 105 Å². The van der Waals surface area contributed by atoms with E-state index in [1.807, 2.05) is 42.5 Å². The molecule has 0 amide bonds. The summed E-state index contributed by atoms with van der Waals surface area (Å²) in [7, 11) is 0. The van der Waals surface area contributed by atoms with Crippen LogP contribution in [0.1, 0.15) is 54.2 Å². The van der Waals surface area contributed by atoms with Crippen molar-refractivity contribution < 1.29 is 38.1 Å². The van der Waals surface area contributed by atoms with Gasteiger partial charge in [-0.2, -0.15) is 0 Å². The number of esters is 4. The minimum Gasteiger partial charge on any atom is -0.431 e. The van der Waals surface area contributed by atoms with Crippen molar-refractivity contribution in [3.05, 3.63) is 174 Å². The molecule has 4 aromatic carbocycles. The highest BCUT2D eigenvalue weighted by atomic mass is 16.5. The SMILES string of the molecule is C=CC(=O)Oc1ccc(C#Cc2c(C=COC(=O)C(=C)C)cc(-c3ccc(C#Cc4ccc(C#COC(=O)C(=C)C)cc4)cc3)cc2OC(=O)C(=C)C)cc1. The highest BCUT2D eigenvalue weighted by Gasteiger charge is 2.15. The van der Waals surface area contributed by atoms with Gasteiger partial charge in [0, 0.05) is 45.0 Å². The number of benzene rings is 4.